The van der Waals surface area contributed by atoms with E-state index in [1.54, 1.807) is 7.11 Å². The van der Waals surface area contributed by atoms with Gasteiger partial charge in [0.1, 0.15) is 0 Å². The monoisotopic (exact) mass is 260 g/mol. The number of benzene rings is 1. The van der Waals surface area contributed by atoms with Crippen LogP contribution in [0.3, 0.4) is 0 Å². The van der Waals surface area contributed by atoms with Gasteiger partial charge in [0.15, 0.2) is 0 Å². The van der Waals surface area contributed by atoms with Crippen molar-refractivity contribution in [3.8, 4) is 0 Å². The van der Waals surface area contributed by atoms with Crippen molar-refractivity contribution in [1.82, 2.24) is 0 Å². The van der Waals surface area contributed by atoms with E-state index in [0.29, 0.717) is 0 Å². The van der Waals surface area contributed by atoms with Gasteiger partial charge >= 0.3 is 0 Å². The molecular weight excluding hydrogens is 248 g/mol. The molecule has 1 aromatic rings. The quantitative estimate of drug-likeness (QED) is 0.752. The number of hydrogen-bond donors (Lipinski definition) is 0. The first-order chi connectivity index (χ1) is 6.34. The normalized spacial score (nSPS) is 10.3. The van der Waals surface area contributed by atoms with Gasteiger partial charge in [-0.2, -0.15) is 11.8 Å². The summed E-state index contributed by atoms with van der Waals surface area (Å²) in [6.07, 6.45) is 0. The smallest absolute Gasteiger partial charge is 0.0553 e. The molecule has 13 heavy (non-hydrogen) atoms. The Labute approximate surface area is 92.0 Å². The van der Waals surface area contributed by atoms with Crippen LogP contribution in [-0.2, 0) is 10.5 Å². The van der Waals surface area contributed by atoms with E-state index in [1.165, 1.54) is 10.0 Å². The Morgan fingerprint density at radius 2 is 2.15 bits per heavy atom. The van der Waals surface area contributed by atoms with Gasteiger partial charge in [-0.1, -0.05) is 34.1 Å². The molecule has 0 saturated heterocycles. The molecule has 0 atom stereocenters. The summed E-state index contributed by atoms with van der Waals surface area (Å²) in [5.74, 6) is 2.10. The molecule has 1 aromatic carbocycles. The average Bonchev–Trinajstić information content (AvgIpc) is 2.15. The van der Waals surface area contributed by atoms with Crippen molar-refractivity contribution in [2.75, 3.05) is 19.5 Å². The molecule has 0 bridgehead atoms. The second-order valence-electron chi connectivity index (χ2n) is 2.64. The van der Waals surface area contributed by atoms with Crippen LogP contribution in [-0.4, -0.2) is 19.5 Å². The SMILES string of the molecule is COCCSCc1ccccc1Br. The summed E-state index contributed by atoms with van der Waals surface area (Å²) in [6.45, 7) is 0.828. The molecule has 0 saturated carbocycles. The number of rotatable bonds is 5. The van der Waals surface area contributed by atoms with Crippen molar-refractivity contribution < 1.29 is 4.74 Å². The molecule has 0 aromatic heterocycles. The predicted molar refractivity (Wildman–Crippen MR) is 62.2 cm³/mol. The van der Waals surface area contributed by atoms with Gasteiger partial charge in [-0.25, -0.2) is 0 Å². The molecule has 0 spiro atoms. The maximum absolute atomic E-state index is 4.98. The van der Waals surface area contributed by atoms with Gasteiger partial charge in [0, 0.05) is 23.1 Å². The lowest BCUT2D eigenvalue weighted by atomic mass is 10.2. The molecule has 72 valence electrons. The van der Waals surface area contributed by atoms with Gasteiger partial charge in [0.25, 0.3) is 0 Å². The predicted octanol–water partition coefficient (Wildman–Crippen LogP) is 3.33. The van der Waals surface area contributed by atoms with Crippen LogP contribution in [0, 0.1) is 0 Å². The minimum absolute atomic E-state index is 0.828. The second-order valence-corrected chi connectivity index (χ2v) is 4.60. The molecule has 0 radical (unpaired) electrons. The molecule has 1 rings (SSSR count). The lowest BCUT2D eigenvalue weighted by Gasteiger charge is -2.03. The molecule has 0 aliphatic rings. The highest BCUT2D eigenvalue weighted by Crippen LogP contribution is 2.20. The Morgan fingerprint density at radius 1 is 1.38 bits per heavy atom. The molecule has 0 fully saturated rings. The number of halogens is 1. The van der Waals surface area contributed by atoms with Gasteiger partial charge in [-0.15, -0.1) is 0 Å². The zero-order valence-corrected chi connectivity index (χ0v) is 10.0. The van der Waals surface area contributed by atoms with E-state index in [-0.39, 0.29) is 0 Å². The average molecular weight is 261 g/mol. The van der Waals surface area contributed by atoms with Crippen LogP contribution in [0.15, 0.2) is 28.7 Å². The molecule has 0 amide bonds. The van der Waals surface area contributed by atoms with Gasteiger partial charge in [-0.05, 0) is 11.6 Å². The molecule has 1 nitrogen and oxygen atoms in total. The van der Waals surface area contributed by atoms with Gasteiger partial charge in [-0.3, -0.25) is 0 Å². The first kappa shape index (κ1) is 11.1. The first-order valence-electron chi connectivity index (χ1n) is 4.14. The van der Waals surface area contributed by atoms with Crippen LogP contribution < -0.4 is 0 Å². The van der Waals surface area contributed by atoms with E-state index >= 15 is 0 Å². The van der Waals surface area contributed by atoms with E-state index in [4.69, 9.17) is 4.74 Å². The summed E-state index contributed by atoms with van der Waals surface area (Å²) in [5.41, 5.74) is 1.35. The third-order valence-electron chi connectivity index (χ3n) is 1.65. The summed E-state index contributed by atoms with van der Waals surface area (Å²) in [4.78, 5) is 0. The fourth-order valence-electron chi connectivity index (χ4n) is 0.940. The zero-order chi connectivity index (χ0) is 9.52. The highest BCUT2D eigenvalue weighted by molar-refractivity contribution is 9.10. The highest BCUT2D eigenvalue weighted by atomic mass is 79.9. The number of thioether (sulfide) groups is 1. The molecule has 0 unspecified atom stereocenters. The van der Waals surface area contributed by atoms with Crippen molar-refractivity contribution >= 4 is 27.7 Å². The largest absolute Gasteiger partial charge is 0.384 e. The van der Waals surface area contributed by atoms with Gasteiger partial charge < -0.3 is 4.74 Å². The van der Waals surface area contributed by atoms with Crippen LogP contribution in [0.2, 0.25) is 0 Å². The summed E-state index contributed by atoms with van der Waals surface area (Å²) in [6, 6.07) is 8.32. The maximum Gasteiger partial charge on any atom is 0.0553 e. The molecule has 3 heteroatoms. The lowest BCUT2D eigenvalue weighted by Crippen LogP contribution is -1.92. The molecule has 0 heterocycles. The van der Waals surface area contributed by atoms with Gasteiger partial charge in [0.05, 0.1) is 6.61 Å². The minimum Gasteiger partial charge on any atom is -0.384 e. The summed E-state index contributed by atoms with van der Waals surface area (Å²) < 4.78 is 6.17. The topological polar surface area (TPSA) is 9.23 Å². The van der Waals surface area contributed by atoms with E-state index in [0.717, 1.165) is 18.1 Å². The van der Waals surface area contributed by atoms with Crippen molar-refractivity contribution in [1.29, 1.82) is 0 Å². The first-order valence-corrected chi connectivity index (χ1v) is 6.09. The van der Waals surface area contributed by atoms with Crippen molar-refractivity contribution in [3.05, 3.63) is 34.3 Å². The Morgan fingerprint density at radius 3 is 2.85 bits per heavy atom. The highest BCUT2D eigenvalue weighted by Gasteiger charge is 1.97. The molecular formula is C10H13BrOS. The Hall–Kier alpha value is 0.01000. The zero-order valence-electron chi connectivity index (χ0n) is 7.63. The number of hydrogen-bond acceptors (Lipinski definition) is 2. The third kappa shape index (κ3) is 4.16. The summed E-state index contributed by atoms with van der Waals surface area (Å²) in [5, 5.41) is 0. The Balaban J connectivity index is 2.32. The molecule has 0 aliphatic carbocycles. The third-order valence-corrected chi connectivity index (χ3v) is 3.39. The van der Waals surface area contributed by atoms with E-state index in [2.05, 4.69) is 34.1 Å². The fourth-order valence-corrected chi connectivity index (χ4v) is 2.45. The van der Waals surface area contributed by atoms with Crippen LogP contribution in [0.5, 0.6) is 0 Å². The fraction of sp³-hybridized carbons (Fsp3) is 0.400. The van der Waals surface area contributed by atoms with Gasteiger partial charge in [0.2, 0.25) is 0 Å². The van der Waals surface area contributed by atoms with Crippen LogP contribution in [0.4, 0.5) is 0 Å². The standard InChI is InChI=1S/C10H13BrOS/c1-12-6-7-13-8-9-4-2-3-5-10(9)11/h2-5H,6-8H2,1H3. The summed E-state index contributed by atoms with van der Waals surface area (Å²) in [7, 11) is 1.74. The number of methoxy groups -OCH3 is 1. The second kappa shape index (κ2) is 6.46. The Bertz CT molecular complexity index is 252. The molecule has 0 N–H and O–H groups in total. The maximum atomic E-state index is 4.98. The van der Waals surface area contributed by atoms with E-state index in [1.807, 2.05) is 17.8 Å². The summed E-state index contributed by atoms with van der Waals surface area (Å²) >= 11 is 5.41. The minimum atomic E-state index is 0.828. The van der Waals surface area contributed by atoms with Crippen LogP contribution in [0.1, 0.15) is 5.56 Å². The van der Waals surface area contributed by atoms with Crippen LogP contribution in [0.25, 0.3) is 0 Å². The number of ether oxygens (including phenoxy) is 1. The Kier molecular flexibility index (Phi) is 5.51. The van der Waals surface area contributed by atoms with E-state index in [9.17, 15) is 0 Å². The van der Waals surface area contributed by atoms with Crippen molar-refractivity contribution in [3.63, 3.8) is 0 Å². The van der Waals surface area contributed by atoms with Crippen LogP contribution >= 0.6 is 27.7 Å². The van der Waals surface area contributed by atoms with Crippen molar-refractivity contribution in [2.45, 2.75) is 5.75 Å². The lowest BCUT2D eigenvalue weighted by molar-refractivity contribution is 0.218. The van der Waals surface area contributed by atoms with Crippen molar-refractivity contribution in [2.24, 2.45) is 0 Å². The van der Waals surface area contributed by atoms with E-state index < -0.39 is 0 Å². The molecule has 0 aliphatic heterocycles.